The molecule has 0 saturated heterocycles. The lowest BCUT2D eigenvalue weighted by molar-refractivity contribution is 0.292. The van der Waals surface area contributed by atoms with E-state index in [9.17, 15) is 0 Å². The maximum absolute atomic E-state index is 5.61. The lowest BCUT2D eigenvalue weighted by atomic mass is 10.3. The summed E-state index contributed by atoms with van der Waals surface area (Å²) in [5.41, 5.74) is 0. The fourth-order valence-corrected chi connectivity index (χ4v) is 2.21. The first kappa shape index (κ1) is 10.2. The van der Waals surface area contributed by atoms with Gasteiger partial charge in [0.05, 0.1) is 0 Å². The minimum atomic E-state index is 0.369. The predicted octanol–water partition coefficient (Wildman–Crippen LogP) is 2.07. The van der Waals surface area contributed by atoms with Gasteiger partial charge in [-0.05, 0) is 19.1 Å². The van der Waals surface area contributed by atoms with Crippen LogP contribution in [0.25, 0.3) is 4.96 Å². The second-order valence-corrected chi connectivity index (χ2v) is 4.69. The number of fused-ring (bicyclic) bond motifs is 1. The summed E-state index contributed by atoms with van der Waals surface area (Å²) in [5.74, 6) is 1.53. The van der Waals surface area contributed by atoms with Crippen molar-refractivity contribution in [2.24, 2.45) is 0 Å². The lowest BCUT2D eigenvalue weighted by Crippen LogP contribution is -2.02. The monoisotopic (exact) mass is 246 g/mol. The molecule has 3 aromatic rings. The third kappa shape index (κ3) is 1.99. The van der Waals surface area contributed by atoms with Crippen LogP contribution in [-0.2, 0) is 6.61 Å². The van der Waals surface area contributed by atoms with Crippen LogP contribution in [0, 0.1) is 6.92 Å². The Balaban J connectivity index is 1.81. The van der Waals surface area contributed by atoms with Crippen molar-refractivity contribution in [1.29, 1.82) is 0 Å². The summed E-state index contributed by atoms with van der Waals surface area (Å²) in [6.07, 6.45) is 0. The first-order valence-corrected chi connectivity index (χ1v) is 6.00. The molecular weight excluding hydrogens is 236 g/mol. The highest BCUT2D eigenvalue weighted by molar-refractivity contribution is 7.16. The van der Waals surface area contributed by atoms with E-state index in [1.807, 2.05) is 37.3 Å². The Kier molecular flexibility index (Phi) is 2.49. The summed E-state index contributed by atoms with van der Waals surface area (Å²) in [4.78, 5) is 0.800. The maximum atomic E-state index is 5.61. The zero-order valence-electron chi connectivity index (χ0n) is 9.20. The number of para-hydroxylation sites is 1. The third-order valence-electron chi connectivity index (χ3n) is 2.27. The summed E-state index contributed by atoms with van der Waals surface area (Å²) < 4.78 is 7.33. The largest absolute Gasteiger partial charge is 0.486 e. The Morgan fingerprint density at radius 3 is 2.88 bits per heavy atom. The molecule has 0 bridgehead atoms. The van der Waals surface area contributed by atoms with Crippen molar-refractivity contribution in [2.75, 3.05) is 0 Å². The van der Waals surface area contributed by atoms with Crippen LogP contribution in [0.2, 0.25) is 0 Å². The summed E-state index contributed by atoms with van der Waals surface area (Å²) in [7, 11) is 0. The highest BCUT2D eigenvalue weighted by Crippen LogP contribution is 2.14. The highest BCUT2D eigenvalue weighted by Gasteiger charge is 2.09. The van der Waals surface area contributed by atoms with Crippen molar-refractivity contribution >= 4 is 16.3 Å². The molecule has 0 amide bonds. The fourth-order valence-electron chi connectivity index (χ4n) is 1.51. The van der Waals surface area contributed by atoms with Crippen LogP contribution in [0.5, 0.6) is 5.75 Å². The molecule has 0 radical (unpaired) electrons. The molecule has 6 heteroatoms. The summed E-state index contributed by atoms with van der Waals surface area (Å²) in [6.45, 7) is 2.32. The van der Waals surface area contributed by atoms with E-state index >= 15 is 0 Å². The number of benzene rings is 1. The van der Waals surface area contributed by atoms with Crippen molar-refractivity contribution in [2.45, 2.75) is 13.5 Å². The Labute approximate surface area is 102 Å². The summed E-state index contributed by atoms with van der Waals surface area (Å²) in [6, 6.07) is 9.63. The SMILES string of the molecule is Cc1nn2c(COc3ccccc3)nnc2s1. The van der Waals surface area contributed by atoms with Gasteiger partial charge in [0.2, 0.25) is 4.96 Å². The molecule has 0 aliphatic rings. The van der Waals surface area contributed by atoms with Gasteiger partial charge in [-0.2, -0.15) is 9.61 Å². The van der Waals surface area contributed by atoms with Gasteiger partial charge >= 0.3 is 0 Å². The van der Waals surface area contributed by atoms with Crippen LogP contribution in [0.4, 0.5) is 0 Å². The molecule has 0 N–H and O–H groups in total. The van der Waals surface area contributed by atoms with E-state index in [1.54, 1.807) is 4.52 Å². The molecule has 0 aliphatic carbocycles. The molecular formula is C11H10N4OS. The molecule has 0 unspecified atom stereocenters. The van der Waals surface area contributed by atoms with Gasteiger partial charge < -0.3 is 4.74 Å². The van der Waals surface area contributed by atoms with Gasteiger partial charge in [0.15, 0.2) is 5.82 Å². The van der Waals surface area contributed by atoms with Gasteiger partial charge in [-0.3, -0.25) is 0 Å². The fraction of sp³-hybridized carbons (Fsp3) is 0.182. The van der Waals surface area contributed by atoms with Crippen molar-refractivity contribution in [3.8, 4) is 5.75 Å². The van der Waals surface area contributed by atoms with Crippen LogP contribution in [0.15, 0.2) is 30.3 Å². The maximum Gasteiger partial charge on any atom is 0.234 e. The molecule has 2 heterocycles. The van der Waals surface area contributed by atoms with E-state index < -0.39 is 0 Å². The average molecular weight is 246 g/mol. The van der Waals surface area contributed by atoms with Crippen LogP contribution >= 0.6 is 11.3 Å². The van der Waals surface area contributed by atoms with Crippen LogP contribution in [0.3, 0.4) is 0 Å². The normalized spacial score (nSPS) is 10.9. The van der Waals surface area contributed by atoms with E-state index in [-0.39, 0.29) is 0 Å². The first-order chi connectivity index (χ1) is 8.33. The number of nitrogens with zero attached hydrogens (tertiary/aromatic N) is 4. The standard InChI is InChI=1S/C11H10N4OS/c1-8-14-15-10(12-13-11(15)17-8)7-16-9-5-3-2-4-6-9/h2-6H,7H2,1H3. The molecule has 86 valence electrons. The predicted molar refractivity (Wildman–Crippen MR) is 64.2 cm³/mol. The third-order valence-corrected chi connectivity index (χ3v) is 3.08. The zero-order valence-corrected chi connectivity index (χ0v) is 10.0. The average Bonchev–Trinajstić information content (AvgIpc) is 2.87. The van der Waals surface area contributed by atoms with Crippen molar-refractivity contribution in [3.63, 3.8) is 0 Å². The van der Waals surface area contributed by atoms with E-state index in [1.165, 1.54) is 11.3 Å². The van der Waals surface area contributed by atoms with E-state index in [0.29, 0.717) is 12.4 Å². The second kappa shape index (κ2) is 4.14. The topological polar surface area (TPSA) is 52.3 Å². The van der Waals surface area contributed by atoms with Gasteiger partial charge in [-0.25, -0.2) is 0 Å². The highest BCUT2D eigenvalue weighted by atomic mass is 32.1. The molecule has 3 rings (SSSR count). The Morgan fingerprint density at radius 2 is 2.06 bits per heavy atom. The summed E-state index contributed by atoms with van der Waals surface area (Å²) in [5, 5.41) is 13.4. The van der Waals surface area contributed by atoms with Crippen LogP contribution in [0.1, 0.15) is 10.8 Å². The van der Waals surface area contributed by atoms with Crippen LogP contribution in [-0.4, -0.2) is 19.8 Å². The minimum Gasteiger partial charge on any atom is -0.486 e. The second-order valence-electron chi connectivity index (χ2n) is 3.53. The number of ether oxygens (including phenoxy) is 1. The van der Waals surface area contributed by atoms with E-state index in [2.05, 4.69) is 15.3 Å². The smallest absolute Gasteiger partial charge is 0.234 e. The molecule has 17 heavy (non-hydrogen) atoms. The molecule has 0 spiro atoms. The number of rotatable bonds is 3. The van der Waals surface area contributed by atoms with Gasteiger partial charge in [-0.15, -0.1) is 10.2 Å². The zero-order chi connectivity index (χ0) is 11.7. The van der Waals surface area contributed by atoms with Gasteiger partial charge in [0.25, 0.3) is 0 Å². The van der Waals surface area contributed by atoms with Crippen molar-refractivity contribution in [1.82, 2.24) is 19.8 Å². The van der Waals surface area contributed by atoms with Gasteiger partial charge in [-0.1, -0.05) is 29.5 Å². The summed E-state index contributed by atoms with van der Waals surface area (Å²) >= 11 is 1.52. The van der Waals surface area contributed by atoms with Crippen LogP contribution < -0.4 is 4.74 Å². The molecule has 0 atom stereocenters. The molecule has 0 aliphatic heterocycles. The molecule has 1 aromatic carbocycles. The quantitative estimate of drug-likeness (QED) is 0.710. The lowest BCUT2D eigenvalue weighted by Gasteiger charge is -2.02. The minimum absolute atomic E-state index is 0.369. The Bertz CT molecular complexity index is 631. The van der Waals surface area contributed by atoms with E-state index in [0.717, 1.165) is 15.7 Å². The van der Waals surface area contributed by atoms with E-state index in [4.69, 9.17) is 4.74 Å². The molecule has 0 fully saturated rings. The van der Waals surface area contributed by atoms with Crippen molar-refractivity contribution in [3.05, 3.63) is 41.2 Å². The number of hydrogen-bond acceptors (Lipinski definition) is 5. The number of aromatic nitrogens is 4. The number of hydrogen-bond donors (Lipinski definition) is 0. The number of aryl methyl sites for hydroxylation is 1. The Morgan fingerprint density at radius 1 is 1.24 bits per heavy atom. The van der Waals surface area contributed by atoms with Gasteiger partial charge in [0.1, 0.15) is 17.4 Å². The Hall–Kier alpha value is -1.95. The molecule has 5 nitrogen and oxygen atoms in total. The first-order valence-electron chi connectivity index (χ1n) is 5.18. The van der Waals surface area contributed by atoms with Gasteiger partial charge in [0, 0.05) is 0 Å². The van der Waals surface area contributed by atoms with Crippen molar-refractivity contribution < 1.29 is 4.74 Å². The molecule has 2 aromatic heterocycles. The molecule has 0 saturated carbocycles.